The highest BCUT2D eigenvalue weighted by molar-refractivity contribution is 5.73. The predicted molar refractivity (Wildman–Crippen MR) is 76.3 cm³/mol. The van der Waals surface area contributed by atoms with E-state index in [1.165, 1.54) is 6.33 Å². The van der Waals surface area contributed by atoms with Crippen LogP contribution in [0.5, 0.6) is 0 Å². The van der Waals surface area contributed by atoms with Crippen molar-refractivity contribution in [2.45, 2.75) is 52.6 Å². The summed E-state index contributed by atoms with van der Waals surface area (Å²) in [7, 11) is 0. The maximum absolute atomic E-state index is 6.03. The van der Waals surface area contributed by atoms with Crippen LogP contribution in [0.2, 0.25) is 0 Å². The Bertz CT molecular complexity index is 385. The Kier molecular flexibility index (Phi) is 4.72. The van der Waals surface area contributed by atoms with Gasteiger partial charge >= 0.3 is 0 Å². The Balaban J connectivity index is 2.78. The van der Waals surface area contributed by atoms with Crippen LogP contribution in [-0.2, 0) is 0 Å². The minimum atomic E-state index is -0.0678. The van der Waals surface area contributed by atoms with Crippen LogP contribution in [0.25, 0.3) is 0 Å². The average Bonchev–Trinajstić information content (AvgIpc) is 2.29. The van der Waals surface area contributed by atoms with E-state index < -0.39 is 0 Å². The van der Waals surface area contributed by atoms with Gasteiger partial charge in [-0.15, -0.1) is 0 Å². The van der Waals surface area contributed by atoms with Gasteiger partial charge in [0, 0.05) is 11.6 Å². The van der Waals surface area contributed by atoms with E-state index in [0.29, 0.717) is 23.4 Å². The molecule has 1 rings (SSSR count). The summed E-state index contributed by atoms with van der Waals surface area (Å²) >= 11 is 0. The van der Waals surface area contributed by atoms with E-state index in [0.717, 1.165) is 6.42 Å². The first-order valence-corrected chi connectivity index (χ1v) is 6.23. The highest BCUT2D eigenvalue weighted by atomic mass is 15.4. The van der Waals surface area contributed by atoms with Crippen LogP contribution in [0.4, 0.5) is 17.3 Å². The van der Waals surface area contributed by atoms with Gasteiger partial charge in [0.05, 0.1) is 0 Å². The molecule has 6 heteroatoms. The summed E-state index contributed by atoms with van der Waals surface area (Å²) in [5.74, 6) is 1.25. The van der Waals surface area contributed by atoms with Gasteiger partial charge in [-0.25, -0.2) is 15.4 Å². The van der Waals surface area contributed by atoms with Crippen molar-refractivity contribution in [2.24, 2.45) is 0 Å². The molecule has 1 heterocycles. The van der Waals surface area contributed by atoms with E-state index >= 15 is 0 Å². The summed E-state index contributed by atoms with van der Waals surface area (Å²) in [6.07, 6.45) is 2.50. The lowest BCUT2D eigenvalue weighted by atomic mass is 10.1. The van der Waals surface area contributed by atoms with Crippen LogP contribution in [0.15, 0.2) is 6.33 Å². The molecule has 0 fully saturated rings. The number of hydrazine groups is 1. The van der Waals surface area contributed by atoms with Crippen LogP contribution >= 0.6 is 0 Å². The monoisotopic (exact) mass is 252 g/mol. The zero-order chi connectivity index (χ0) is 13.8. The highest BCUT2D eigenvalue weighted by Gasteiger charge is 2.13. The lowest BCUT2D eigenvalue weighted by Crippen LogP contribution is -2.40. The second kappa shape index (κ2) is 5.86. The largest absolute Gasteiger partial charge is 0.393 e. The Hall–Kier alpha value is -1.56. The fraction of sp³-hybridized carbons (Fsp3) is 0.667. The molecular weight excluding hydrogens is 228 g/mol. The molecule has 0 aromatic carbocycles. The number of nitrogen functional groups attached to an aromatic ring is 1. The number of hydrogen-bond acceptors (Lipinski definition) is 6. The molecule has 6 nitrogen and oxygen atoms in total. The van der Waals surface area contributed by atoms with Crippen LogP contribution in [-0.4, -0.2) is 21.5 Å². The molecule has 0 aliphatic rings. The summed E-state index contributed by atoms with van der Waals surface area (Å²) in [5.41, 5.74) is 12.6. The van der Waals surface area contributed by atoms with Gasteiger partial charge < -0.3 is 16.5 Å². The Labute approximate surface area is 109 Å². The third-order valence-corrected chi connectivity index (χ3v) is 2.44. The molecule has 1 unspecified atom stereocenters. The van der Waals surface area contributed by atoms with Gasteiger partial charge in [0.2, 0.25) is 0 Å². The Morgan fingerprint density at radius 1 is 1.28 bits per heavy atom. The summed E-state index contributed by atoms with van der Waals surface area (Å²) in [6, 6.07) is 0.325. The van der Waals surface area contributed by atoms with Crippen molar-refractivity contribution in [2.75, 3.05) is 16.5 Å². The number of nitrogens with one attached hydrogen (secondary N) is 3. The van der Waals surface area contributed by atoms with Gasteiger partial charge in [-0.1, -0.05) is 6.92 Å². The third-order valence-electron chi connectivity index (χ3n) is 2.44. The quantitative estimate of drug-likeness (QED) is 0.599. The molecule has 0 aliphatic heterocycles. The SMILES string of the molecule is CCC(C)Nc1ncnc(NNC(C)(C)C)c1N. The van der Waals surface area contributed by atoms with Gasteiger partial charge in [-0.05, 0) is 34.1 Å². The van der Waals surface area contributed by atoms with E-state index in [-0.39, 0.29) is 5.54 Å². The number of nitrogens with zero attached hydrogens (tertiary/aromatic N) is 2. The standard InChI is InChI=1S/C12H24N6/c1-6-8(2)16-10-9(13)11(15-7-14-10)17-18-12(3,4)5/h7-8,18H,6,13H2,1-5H3,(H2,14,15,16,17). The van der Waals surface area contributed by atoms with Crippen molar-refractivity contribution in [3.8, 4) is 0 Å². The third kappa shape index (κ3) is 4.37. The first-order chi connectivity index (χ1) is 8.33. The number of nitrogens with two attached hydrogens (primary N) is 1. The maximum Gasteiger partial charge on any atom is 0.169 e. The van der Waals surface area contributed by atoms with Crippen molar-refractivity contribution in [3.05, 3.63) is 6.33 Å². The molecule has 0 radical (unpaired) electrons. The second-order valence-corrected chi connectivity index (χ2v) is 5.44. The van der Waals surface area contributed by atoms with Gasteiger partial charge in [0.25, 0.3) is 0 Å². The molecule has 1 atom stereocenters. The van der Waals surface area contributed by atoms with E-state index in [1.807, 2.05) is 0 Å². The van der Waals surface area contributed by atoms with Crippen molar-refractivity contribution in [1.29, 1.82) is 0 Å². The fourth-order valence-corrected chi connectivity index (χ4v) is 1.19. The van der Waals surface area contributed by atoms with E-state index in [2.05, 4.69) is 60.8 Å². The van der Waals surface area contributed by atoms with Crippen LogP contribution in [0, 0.1) is 0 Å². The molecule has 5 N–H and O–H groups in total. The lowest BCUT2D eigenvalue weighted by molar-refractivity contribution is 0.464. The average molecular weight is 252 g/mol. The molecule has 0 bridgehead atoms. The number of rotatable bonds is 5. The van der Waals surface area contributed by atoms with E-state index in [1.54, 1.807) is 0 Å². The van der Waals surface area contributed by atoms with Crippen molar-refractivity contribution in [3.63, 3.8) is 0 Å². The summed E-state index contributed by atoms with van der Waals surface area (Å²) < 4.78 is 0. The molecule has 0 aliphatic carbocycles. The normalized spacial score (nSPS) is 13.2. The second-order valence-electron chi connectivity index (χ2n) is 5.44. The highest BCUT2D eigenvalue weighted by Crippen LogP contribution is 2.22. The molecule has 0 amide bonds. The van der Waals surface area contributed by atoms with Crippen LogP contribution in [0.3, 0.4) is 0 Å². The first-order valence-electron chi connectivity index (χ1n) is 6.23. The fourth-order valence-electron chi connectivity index (χ4n) is 1.19. The Morgan fingerprint density at radius 2 is 1.89 bits per heavy atom. The molecule has 102 valence electrons. The van der Waals surface area contributed by atoms with Crippen LogP contribution < -0.4 is 21.9 Å². The maximum atomic E-state index is 6.03. The minimum Gasteiger partial charge on any atom is -0.393 e. The molecule has 0 spiro atoms. The van der Waals surface area contributed by atoms with Gasteiger partial charge in [0.1, 0.15) is 12.0 Å². The molecular formula is C12H24N6. The number of aromatic nitrogens is 2. The summed E-state index contributed by atoms with van der Waals surface area (Å²) in [5, 5.41) is 3.25. The van der Waals surface area contributed by atoms with E-state index in [9.17, 15) is 0 Å². The van der Waals surface area contributed by atoms with Gasteiger partial charge in [0.15, 0.2) is 11.6 Å². The zero-order valence-electron chi connectivity index (χ0n) is 11.8. The summed E-state index contributed by atoms with van der Waals surface area (Å²) in [4.78, 5) is 8.28. The van der Waals surface area contributed by atoms with Crippen molar-refractivity contribution in [1.82, 2.24) is 15.4 Å². The molecule has 0 saturated carbocycles. The van der Waals surface area contributed by atoms with Crippen molar-refractivity contribution < 1.29 is 0 Å². The lowest BCUT2D eigenvalue weighted by Gasteiger charge is -2.22. The number of hydrogen-bond donors (Lipinski definition) is 4. The first kappa shape index (κ1) is 14.5. The molecule has 18 heavy (non-hydrogen) atoms. The molecule has 1 aromatic heterocycles. The van der Waals surface area contributed by atoms with Crippen molar-refractivity contribution >= 4 is 17.3 Å². The predicted octanol–water partition coefficient (Wildman–Crippen LogP) is 1.98. The Morgan fingerprint density at radius 3 is 2.44 bits per heavy atom. The number of anilines is 3. The van der Waals surface area contributed by atoms with Gasteiger partial charge in [-0.3, -0.25) is 0 Å². The van der Waals surface area contributed by atoms with E-state index in [4.69, 9.17) is 5.73 Å². The smallest absolute Gasteiger partial charge is 0.169 e. The summed E-state index contributed by atoms with van der Waals surface area (Å²) in [6.45, 7) is 10.3. The van der Waals surface area contributed by atoms with Gasteiger partial charge in [-0.2, -0.15) is 0 Å². The minimum absolute atomic E-state index is 0.0678. The molecule has 0 saturated heterocycles. The molecule has 1 aromatic rings. The van der Waals surface area contributed by atoms with Crippen LogP contribution in [0.1, 0.15) is 41.0 Å². The zero-order valence-corrected chi connectivity index (χ0v) is 11.8. The topological polar surface area (TPSA) is 87.9 Å².